The van der Waals surface area contributed by atoms with Crippen molar-refractivity contribution in [1.82, 2.24) is 25.4 Å². The van der Waals surface area contributed by atoms with Gasteiger partial charge >= 0.3 is 0 Å². The van der Waals surface area contributed by atoms with Crippen molar-refractivity contribution < 1.29 is 57.1 Å². The zero-order chi connectivity index (χ0) is 55.8. The van der Waals surface area contributed by atoms with Crippen LogP contribution in [0.25, 0.3) is 16.0 Å². The summed E-state index contributed by atoms with van der Waals surface area (Å²) in [7, 11) is 0. The number of nitrogens with zero attached hydrogens (tertiary/aromatic N) is 3. The second-order valence-electron chi connectivity index (χ2n) is 22.1. The van der Waals surface area contributed by atoms with E-state index in [0.717, 1.165) is 45.7 Å². The smallest absolute Gasteiger partial charge is 0.246 e. The summed E-state index contributed by atoms with van der Waals surface area (Å²) in [5, 5.41) is 16.3. The molecule has 1 saturated heterocycles. The van der Waals surface area contributed by atoms with Crippen molar-refractivity contribution in [3.8, 4) is 10.4 Å². The highest BCUT2D eigenvalue weighted by atomic mass is 32.1. The zero-order valence-electron chi connectivity index (χ0n) is 46.5. The lowest BCUT2D eigenvalue weighted by atomic mass is 9.84. The molecule has 7 rings (SSSR count). The molecule has 0 radical (unpaired) electrons. The first-order valence-corrected chi connectivity index (χ1v) is 28.1. The number of hydrogen-bond acceptors (Lipinski definition) is 14. The molecule has 0 spiro atoms. The first-order chi connectivity index (χ1) is 37.4. The number of alkyl halides is 1. The van der Waals surface area contributed by atoms with Gasteiger partial charge in [-0.1, -0.05) is 93.6 Å². The normalized spacial score (nSPS) is 19.0. The molecular formula is C60H80FN5O11S. The predicted octanol–water partition coefficient (Wildman–Crippen LogP) is 7.03. The largest absolute Gasteiger partial charge is 0.391 e. The number of likely N-dealkylation sites (tertiary alicyclic amines) is 1. The van der Waals surface area contributed by atoms with Crippen molar-refractivity contribution in [2.75, 3.05) is 92.4 Å². The zero-order valence-corrected chi connectivity index (χ0v) is 47.3. The van der Waals surface area contributed by atoms with Crippen LogP contribution in [0.2, 0.25) is 0 Å². The summed E-state index contributed by atoms with van der Waals surface area (Å²) in [6, 6.07) is 22.9. The molecular weight excluding hydrogens is 1020 g/mol. The van der Waals surface area contributed by atoms with Crippen LogP contribution in [0.5, 0.6) is 0 Å². The Balaban J connectivity index is 0.685. The highest BCUT2D eigenvalue weighted by Gasteiger charge is 2.45. The molecule has 3 aromatic carbocycles. The summed E-state index contributed by atoms with van der Waals surface area (Å²) in [6.45, 7) is 16.3. The highest BCUT2D eigenvalue weighted by molar-refractivity contribution is 7.13. The Hall–Kier alpha value is -5.28. The van der Waals surface area contributed by atoms with E-state index >= 15 is 4.39 Å². The quantitative estimate of drug-likeness (QED) is 0.0453. The molecule has 424 valence electrons. The minimum atomic E-state index is -1.34. The molecule has 3 N–H and O–H groups in total. The van der Waals surface area contributed by atoms with E-state index in [9.17, 15) is 24.3 Å². The van der Waals surface area contributed by atoms with Gasteiger partial charge in [0.15, 0.2) is 5.78 Å². The maximum atomic E-state index is 15.2. The molecule has 18 heteroatoms. The van der Waals surface area contributed by atoms with Gasteiger partial charge in [-0.15, -0.1) is 11.3 Å². The van der Waals surface area contributed by atoms with Gasteiger partial charge in [0.1, 0.15) is 31.0 Å². The molecule has 1 aromatic heterocycles. The van der Waals surface area contributed by atoms with E-state index < -0.39 is 41.1 Å². The van der Waals surface area contributed by atoms with E-state index in [4.69, 9.17) is 28.4 Å². The van der Waals surface area contributed by atoms with Gasteiger partial charge in [-0.3, -0.25) is 24.1 Å². The Morgan fingerprint density at radius 2 is 1.38 bits per heavy atom. The number of hydrogen-bond donors (Lipinski definition) is 3. The number of carbonyl (C=O) groups excluding carboxylic acids is 4. The number of ether oxygens (including phenoxy) is 6. The van der Waals surface area contributed by atoms with E-state index in [1.165, 1.54) is 27.2 Å². The van der Waals surface area contributed by atoms with Gasteiger partial charge in [0.05, 0.1) is 94.3 Å². The van der Waals surface area contributed by atoms with Crippen LogP contribution in [0.4, 0.5) is 4.39 Å². The lowest BCUT2D eigenvalue weighted by Gasteiger charge is -2.44. The van der Waals surface area contributed by atoms with Crippen molar-refractivity contribution in [2.45, 2.75) is 117 Å². The number of rotatable bonds is 30. The predicted molar refractivity (Wildman–Crippen MR) is 297 cm³/mol. The number of thiazole rings is 1. The van der Waals surface area contributed by atoms with Crippen molar-refractivity contribution in [1.29, 1.82) is 0 Å². The highest BCUT2D eigenvalue weighted by Crippen LogP contribution is 2.49. The Morgan fingerprint density at radius 1 is 0.795 bits per heavy atom. The van der Waals surface area contributed by atoms with Crippen LogP contribution in [0.15, 0.2) is 83.9 Å². The number of benzene rings is 3. The molecule has 2 aliphatic heterocycles. The molecule has 1 fully saturated rings. The number of aliphatic hydroxyl groups excluding tert-OH is 1. The number of nitrogens with one attached hydrogen (secondary N) is 2. The SMILES string of the molecule is Cc1ncsc1-c1ccc(CNC(=O)[C@@H]2C[C@@H](O)CN2C(=O)[C@@H](NC(=O)COCCOCCOCCOCCOCCOCC(=O)Cc2ccc([C@@H]3C4=C(C[C@@H](C)N3CC(C)(C)F)c3ccccc3C4)cc2)C(C)(C)C)cc1. The number of Topliss-reactive ketones (excluding diaryl/α,β-unsaturated/α-hetero) is 1. The van der Waals surface area contributed by atoms with Gasteiger partial charge < -0.3 is 49.1 Å². The standard InChI is InChI=1S/C60H80FN5O11S/c1-40-30-50-49-11-9-8-10-46(49)32-51(50)54(66(40)38-60(6,7)61)44-16-12-42(13-17-44)31-48(68)36-76-28-26-74-24-22-72-20-21-73-23-25-75-27-29-77-37-53(69)64-56(59(3,4)5)58(71)65-35-47(67)33-52(65)57(70)62-34-43-14-18-45(19-15-43)55-41(2)63-39-78-55/h8-19,39-40,47,52,54,56,67H,20-38H2,1-7H3,(H,62,70)(H,64,69)/t40-,47-,52+,54-,56-/m1/s1. The van der Waals surface area contributed by atoms with Crippen molar-refractivity contribution in [3.05, 3.63) is 117 Å². The van der Waals surface area contributed by atoms with E-state index in [2.05, 4.69) is 63.8 Å². The van der Waals surface area contributed by atoms with Gasteiger partial charge in [-0.25, -0.2) is 9.37 Å². The van der Waals surface area contributed by atoms with E-state index in [0.29, 0.717) is 52.8 Å². The van der Waals surface area contributed by atoms with Gasteiger partial charge in [-0.2, -0.15) is 0 Å². The van der Waals surface area contributed by atoms with Crippen LogP contribution in [-0.2, 0) is 67.0 Å². The van der Waals surface area contributed by atoms with Crippen molar-refractivity contribution in [2.24, 2.45) is 5.41 Å². The third-order valence-electron chi connectivity index (χ3n) is 14.2. The molecule has 3 aliphatic rings. The molecule has 0 unspecified atom stereocenters. The number of aromatic nitrogens is 1. The monoisotopic (exact) mass is 1100 g/mol. The average Bonchev–Trinajstić information content (AvgIpc) is 4.32. The van der Waals surface area contributed by atoms with Crippen LogP contribution in [0.3, 0.4) is 0 Å². The minimum absolute atomic E-state index is 0.00646. The van der Waals surface area contributed by atoms with Gasteiger partial charge in [0.25, 0.3) is 0 Å². The number of halogens is 1. The van der Waals surface area contributed by atoms with Crippen molar-refractivity contribution >= 4 is 40.4 Å². The third kappa shape index (κ3) is 17.4. The molecule has 3 amide bonds. The molecule has 78 heavy (non-hydrogen) atoms. The average molecular weight is 1100 g/mol. The molecule has 0 saturated carbocycles. The third-order valence-corrected chi connectivity index (χ3v) is 15.1. The fourth-order valence-corrected chi connectivity index (χ4v) is 11.1. The summed E-state index contributed by atoms with van der Waals surface area (Å²) in [4.78, 5) is 62.2. The summed E-state index contributed by atoms with van der Waals surface area (Å²) in [5.41, 5.74) is 10.1. The topological polar surface area (TPSA) is 187 Å². The van der Waals surface area contributed by atoms with Crippen LogP contribution in [0, 0.1) is 12.3 Å². The van der Waals surface area contributed by atoms with Gasteiger partial charge in [-0.05, 0) is 90.5 Å². The van der Waals surface area contributed by atoms with Crippen LogP contribution >= 0.6 is 11.3 Å². The first-order valence-electron chi connectivity index (χ1n) is 27.2. The fourth-order valence-electron chi connectivity index (χ4n) is 10.3. The summed E-state index contributed by atoms with van der Waals surface area (Å²) in [5.74, 6) is -1.34. The fraction of sp³-hybridized carbons (Fsp3) is 0.550. The number of carbonyl (C=O) groups is 4. The Bertz CT molecular complexity index is 2630. The number of ketones is 1. The maximum Gasteiger partial charge on any atom is 0.246 e. The Kier molecular flexibility index (Phi) is 22.2. The minimum Gasteiger partial charge on any atom is -0.391 e. The lowest BCUT2D eigenvalue weighted by molar-refractivity contribution is -0.144. The molecule has 0 bridgehead atoms. The number of fused-ring (bicyclic) bond motifs is 2. The second-order valence-corrected chi connectivity index (χ2v) is 23.0. The molecule has 16 nitrogen and oxygen atoms in total. The lowest BCUT2D eigenvalue weighted by Crippen LogP contribution is -2.58. The van der Waals surface area contributed by atoms with Gasteiger partial charge in [0, 0.05) is 38.5 Å². The second kappa shape index (κ2) is 28.7. The van der Waals surface area contributed by atoms with Gasteiger partial charge in [0.2, 0.25) is 17.7 Å². The summed E-state index contributed by atoms with van der Waals surface area (Å²) >= 11 is 1.57. The molecule has 5 atom stereocenters. The van der Waals surface area contributed by atoms with Crippen LogP contribution < -0.4 is 10.6 Å². The van der Waals surface area contributed by atoms with E-state index in [1.807, 2.05) is 69.6 Å². The van der Waals surface area contributed by atoms with E-state index in [1.54, 1.807) is 25.2 Å². The maximum absolute atomic E-state index is 15.2. The molecule has 4 aromatic rings. The summed E-state index contributed by atoms with van der Waals surface area (Å²) < 4.78 is 48.6. The Morgan fingerprint density at radius 3 is 1.97 bits per heavy atom. The van der Waals surface area contributed by atoms with E-state index in [-0.39, 0.29) is 82.7 Å². The number of amides is 3. The number of β-amino-alcohol motifs (C(OH)–C–C–N with tert-alkyl or cyclic N) is 1. The Labute approximate surface area is 463 Å². The first kappa shape index (κ1) is 60.4. The molecule has 3 heterocycles. The van der Waals surface area contributed by atoms with Crippen LogP contribution in [-0.4, -0.2) is 166 Å². The molecule has 1 aliphatic carbocycles. The van der Waals surface area contributed by atoms with Crippen LogP contribution in [0.1, 0.15) is 93.9 Å². The number of aliphatic hydroxyl groups is 1. The number of aryl methyl sites for hydroxylation is 1. The van der Waals surface area contributed by atoms with Crippen molar-refractivity contribution in [3.63, 3.8) is 0 Å². The summed E-state index contributed by atoms with van der Waals surface area (Å²) in [6.07, 6.45) is 1.24.